The number of aldehydes is 1. The molecule has 1 amide bonds. The van der Waals surface area contributed by atoms with E-state index < -0.39 is 17.7 Å². The second-order valence-corrected chi connectivity index (χ2v) is 7.89. The van der Waals surface area contributed by atoms with Gasteiger partial charge in [-0.15, -0.1) is 0 Å². The standard InChI is InChI=1S/C23H26N2O4/c1-23(2,3)29-22(27)25-18(14-26)11-17-13-24-21-10-9-19(12-20(17)21)28-15-16-7-5-4-6-8-16/h4-10,12-14,18,24H,11,15H2,1-3H3,(H,25,27). The lowest BCUT2D eigenvalue weighted by molar-refractivity contribution is -0.109. The van der Waals surface area contributed by atoms with Gasteiger partial charge in [0.2, 0.25) is 0 Å². The van der Waals surface area contributed by atoms with Crippen molar-refractivity contribution in [2.24, 2.45) is 0 Å². The van der Waals surface area contributed by atoms with Crippen LogP contribution in [0, 0.1) is 0 Å². The third kappa shape index (κ3) is 5.85. The molecule has 3 aromatic rings. The maximum Gasteiger partial charge on any atom is 0.408 e. The average molecular weight is 394 g/mol. The van der Waals surface area contributed by atoms with Crippen molar-refractivity contribution in [1.29, 1.82) is 0 Å². The highest BCUT2D eigenvalue weighted by atomic mass is 16.6. The molecule has 1 unspecified atom stereocenters. The Hall–Kier alpha value is -3.28. The summed E-state index contributed by atoms with van der Waals surface area (Å²) in [7, 11) is 0. The fraction of sp³-hybridized carbons (Fsp3) is 0.304. The number of aromatic amines is 1. The van der Waals surface area contributed by atoms with Gasteiger partial charge in [0.1, 0.15) is 24.2 Å². The van der Waals surface area contributed by atoms with Crippen molar-refractivity contribution >= 4 is 23.3 Å². The van der Waals surface area contributed by atoms with Crippen molar-refractivity contribution in [2.75, 3.05) is 0 Å². The number of fused-ring (bicyclic) bond motifs is 1. The van der Waals surface area contributed by atoms with E-state index in [0.717, 1.165) is 34.1 Å². The molecule has 0 radical (unpaired) electrons. The van der Waals surface area contributed by atoms with Gasteiger partial charge in [-0.1, -0.05) is 30.3 Å². The Kier molecular flexibility index (Phi) is 6.22. The monoisotopic (exact) mass is 394 g/mol. The first-order chi connectivity index (χ1) is 13.8. The Morgan fingerprint density at radius 2 is 1.93 bits per heavy atom. The summed E-state index contributed by atoms with van der Waals surface area (Å²) >= 11 is 0. The predicted molar refractivity (Wildman–Crippen MR) is 112 cm³/mol. The van der Waals surface area contributed by atoms with Crippen LogP contribution in [0.2, 0.25) is 0 Å². The zero-order valence-corrected chi connectivity index (χ0v) is 16.9. The van der Waals surface area contributed by atoms with Crippen molar-refractivity contribution in [3.05, 3.63) is 65.9 Å². The van der Waals surface area contributed by atoms with Crippen molar-refractivity contribution in [3.8, 4) is 5.75 Å². The molecule has 6 nitrogen and oxygen atoms in total. The summed E-state index contributed by atoms with van der Waals surface area (Å²) in [6.45, 7) is 5.81. The van der Waals surface area contributed by atoms with Crippen LogP contribution in [0.5, 0.6) is 5.75 Å². The van der Waals surface area contributed by atoms with Gasteiger partial charge in [-0.2, -0.15) is 0 Å². The summed E-state index contributed by atoms with van der Waals surface area (Å²) in [5.74, 6) is 0.741. The smallest absolute Gasteiger partial charge is 0.408 e. The zero-order chi connectivity index (χ0) is 20.9. The maximum absolute atomic E-state index is 12.0. The molecule has 0 aliphatic rings. The molecule has 0 saturated heterocycles. The van der Waals surface area contributed by atoms with Gasteiger partial charge in [0.15, 0.2) is 0 Å². The van der Waals surface area contributed by atoms with Crippen LogP contribution in [0.15, 0.2) is 54.7 Å². The zero-order valence-electron chi connectivity index (χ0n) is 16.9. The van der Waals surface area contributed by atoms with Gasteiger partial charge >= 0.3 is 6.09 Å². The van der Waals surface area contributed by atoms with Gasteiger partial charge in [0, 0.05) is 23.5 Å². The van der Waals surface area contributed by atoms with Crippen molar-refractivity contribution in [2.45, 2.75) is 45.4 Å². The molecule has 0 aliphatic heterocycles. The lowest BCUT2D eigenvalue weighted by atomic mass is 10.1. The molecule has 0 bridgehead atoms. The van der Waals surface area contributed by atoms with Crippen LogP contribution >= 0.6 is 0 Å². The minimum absolute atomic E-state index is 0.352. The number of carbonyl (C=O) groups excluding carboxylic acids is 2. The second kappa shape index (κ2) is 8.82. The van der Waals surface area contributed by atoms with Gasteiger partial charge < -0.3 is 24.6 Å². The molecule has 6 heteroatoms. The van der Waals surface area contributed by atoms with Gasteiger partial charge in [0.05, 0.1) is 6.04 Å². The first-order valence-corrected chi connectivity index (χ1v) is 9.55. The van der Waals surface area contributed by atoms with E-state index in [4.69, 9.17) is 9.47 Å². The molecule has 1 aromatic heterocycles. The molecule has 1 atom stereocenters. The highest BCUT2D eigenvalue weighted by Crippen LogP contribution is 2.25. The molecule has 2 aromatic carbocycles. The Balaban J connectivity index is 1.70. The van der Waals surface area contributed by atoms with Gasteiger partial charge in [-0.05, 0) is 50.1 Å². The molecule has 1 heterocycles. The number of amides is 1. The molecule has 29 heavy (non-hydrogen) atoms. The van der Waals surface area contributed by atoms with E-state index in [1.165, 1.54) is 0 Å². The molecule has 152 valence electrons. The number of benzene rings is 2. The molecule has 3 rings (SSSR count). The number of hydrogen-bond donors (Lipinski definition) is 2. The number of rotatable bonds is 7. The van der Waals surface area contributed by atoms with Crippen LogP contribution in [-0.2, 0) is 22.6 Å². The summed E-state index contributed by atoms with van der Waals surface area (Å²) < 4.78 is 11.1. The third-order valence-corrected chi connectivity index (χ3v) is 4.29. The fourth-order valence-electron chi connectivity index (χ4n) is 2.99. The molecule has 2 N–H and O–H groups in total. The molecule has 0 spiro atoms. The van der Waals surface area contributed by atoms with E-state index in [2.05, 4.69) is 10.3 Å². The van der Waals surface area contributed by atoms with Gasteiger partial charge in [-0.3, -0.25) is 0 Å². The average Bonchev–Trinajstić information content (AvgIpc) is 3.07. The van der Waals surface area contributed by atoms with Crippen LogP contribution in [0.4, 0.5) is 4.79 Å². The van der Waals surface area contributed by atoms with Crippen molar-refractivity contribution in [1.82, 2.24) is 10.3 Å². The third-order valence-electron chi connectivity index (χ3n) is 4.29. The Bertz CT molecular complexity index is 973. The SMILES string of the molecule is CC(C)(C)OC(=O)NC(C=O)Cc1c[nH]c2ccc(OCc3ccccc3)cc12. The van der Waals surface area contributed by atoms with E-state index in [1.807, 2.05) is 54.7 Å². The summed E-state index contributed by atoms with van der Waals surface area (Å²) in [6.07, 6.45) is 2.31. The van der Waals surface area contributed by atoms with Crippen molar-refractivity contribution < 1.29 is 19.1 Å². The summed E-state index contributed by atoms with van der Waals surface area (Å²) in [4.78, 5) is 26.7. The number of aromatic nitrogens is 1. The predicted octanol–water partition coefficient (Wildman–Crippen LogP) is 4.38. The summed E-state index contributed by atoms with van der Waals surface area (Å²) in [6, 6.07) is 15.0. The number of alkyl carbamates (subject to hydrolysis) is 1. The molecule has 0 saturated carbocycles. The van der Waals surface area contributed by atoms with E-state index in [-0.39, 0.29) is 0 Å². The maximum atomic E-state index is 12.0. The van der Waals surface area contributed by atoms with Crippen LogP contribution in [0.3, 0.4) is 0 Å². The summed E-state index contributed by atoms with van der Waals surface area (Å²) in [5, 5.41) is 3.57. The highest BCUT2D eigenvalue weighted by Gasteiger charge is 2.20. The topological polar surface area (TPSA) is 80.4 Å². The minimum atomic E-state index is -0.683. The normalized spacial score (nSPS) is 12.4. The molecular weight excluding hydrogens is 368 g/mol. The molecule has 0 fully saturated rings. The minimum Gasteiger partial charge on any atom is -0.489 e. The lowest BCUT2D eigenvalue weighted by Gasteiger charge is -2.21. The number of ether oxygens (including phenoxy) is 2. The summed E-state index contributed by atoms with van der Waals surface area (Å²) in [5.41, 5.74) is 2.32. The lowest BCUT2D eigenvalue weighted by Crippen LogP contribution is -2.41. The van der Waals surface area contributed by atoms with E-state index in [9.17, 15) is 9.59 Å². The first kappa shape index (κ1) is 20.5. The van der Waals surface area contributed by atoms with Crippen LogP contribution in [0.25, 0.3) is 10.9 Å². The largest absolute Gasteiger partial charge is 0.489 e. The number of nitrogens with one attached hydrogen (secondary N) is 2. The number of carbonyl (C=O) groups is 2. The van der Waals surface area contributed by atoms with E-state index in [1.54, 1.807) is 20.8 Å². The van der Waals surface area contributed by atoms with Crippen LogP contribution < -0.4 is 10.1 Å². The number of hydrogen-bond acceptors (Lipinski definition) is 4. The van der Waals surface area contributed by atoms with Crippen LogP contribution in [0.1, 0.15) is 31.9 Å². The quantitative estimate of drug-likeness (QED) is 0.583. The molecule has 0 aliphatic carbocycles. The fourth-order valence-corrected chi connectivity index (χ4v) is 2.99. The second-order valence-electron chi connectivity index (χ2n) is 7.89. The Morgan fingerprint density at radius 1 is 1.17 bits per heavy atom. The van der Waals surface area contributed by atoms with Crippen LogP contribution in [-0.4, -0.2) is 29.0 Å². The Labute approximate surface area is 170 Å². The van der Waals surface area contributed by atoms with Gasteiger partial charge in [0.25, 0.3) is 0 Å². The van der Waals surface area contributed by atoms with Gasteiger partial charge in [-0.25, -0.2) is 4.79 Å². The highest BCUT2D eigenvalue weighted by molar-refractivity contribution is 5.85. The van der Waals surface area contributed by atoms with E-state index in [0.29, 0.717) is 13.0 Å². The van der Waals surface area contributed by atoms with E-state index >= 15 is 0 Å². The number of H-pyrrole nitrogens is 1. The Morgan fingerprint density at radius 3 is 2.62 bits per heavy atom. The van der Waals surface area contributed by atoms with Crippen molar-refractivity contribution in [3.63, 3.8) is 0 Å². The molecular formula is C23H26N2O4. The first-order valence-electron chi connectivity index (χ1n) is 9.55.